The van der Waals surface area contributed by atoms with Crippen LogP contribution < -0.4 is 5.56 Å². The van der Waals surface area contributed by atoms with Crippen molar-refractivity contribution in [3.8, 4) is 0 Å². The van der Waals surface area contributed by atoms with Gasteiger partial charge in [-0.2, -0.15) is 5.10 Å². The molecule has 2 aromatic heterocycles. The summed E-state index contributed by atoms with van der Waals surface area (Å²) in [6.45, 7) is 3.84. The van der Waals surface area contributed by atoms with Gasteiger partial charge in [0, 0.05) is 5.39 Å². The first-order valence-corrected chi connectivity index (χ1v) is 5.57. The molecule has 0 unspecified atom stereocenters. The lowest BCUT2D eigenvalue weighted by Gasteiger charge is -2.06. The number of fused-ring (bicyclic) bond motifs is 3. The zero-order valence-electron chi connectivity index (χ0n) is 9.68. The molecule has 0 radical (unpaired) electrons. The third-order valence-corrected chi connectivity index (χ3v) is 2.84. The lowest BCUT2D eigenvalue weighted by atomic mass is 10.2. The molecule has 1 aromatic carbocycles. The summed E-state index contributed by atoms with van der Waals surface area (Å²) >= 11 is 0. The second kappa shape index (κ2) is 3.45. The fourth-order valence-corrected chi connectivity index (χ4v) is 2.00. The molecule has 0 aliphatic carbocycles. The number of hydrogen-bond acceptors (Lipinski definition) is 3. The van der Waals surface area contributed by atoms with Crippen molar-refractivity contribution in [2.24, 2.45) is 0 Å². The van der Waals surface area contributed by atoms with Gasteiger partial charge < -0.3 is 4.42 Å². The number of nitrogens with zero attached hydrogens (tertiary/aromatic N) is 2. The minimum absolute atomic E-state index is 0.0279. The van der Waals surface area contributed by atoms with Crippen molar-refractivity contribution in [2.75, 3.05) is 0 Å². The van der Waals surface area contributed by atoms with E-state index in [1.165, 1.54) is 4.68 Å². The van der Waals surface area contributed by atoms with E-state index in [2.05, 4.69) is 5.10 Å². The van der Waals surface area contributed by atoms with Gasteiger partial charge in [-0.15, -0.1) is 0 Å². The third-order valence-electron chi connectivity index (χ3n) is 2.84. The Morgan fingerprint density at radius 2 is 2.00 bits per heavy atom. The van der Waals surface area contributed by atoms with Crippen LogP contribution >= 0.6 is 0 Å². The Morgan fingerprint density at radius 3 is 2.76 bits per heavy atom. The molecule has 0 saturated heterocycles. The molecule has 86 valence electrons. The molecular weight excluding hydrogens is 216 g/mol. The van der Waals surface area contributed by atoms with Crippen molar-refractivity contribution >= 4 is 21.9 Å². The highest BCUT2D eigenvalue weighted by Gasteiger charge is 2.13. The molecule has 0 atom stereocenters. The van der Waals surface area contributed by atoms with Gasteiger partial charge in [0.1, 0.15) is 5.58 Å². The van der Waals surface area contributed by atoms with E-state index in [0.717, 1.165) is 16.4 Å². The van der Waals surface area contributed by atoms with E-state index in [9.17, 15) is 4.79 Å². The fraction of sp³-hybridized carbons (Fsp3) is 0.231. The molecule has 3 rings (SSSR count). The van der Waals surface area contributed by atoms with E-state index in [-0.39, 0.29) is 11.6 Å². The van der Waals surface area contributed by atoms with Crippen LogP contribution in [0, 0.1) is 0 Å². The molecule has 0 fully saturated rings. The topological polar surface area (TPSA) is 48.0 Å². The predicted octanol–water partition coefficient (Wildman–Crippen LogP) is 2.72. The summed E-state index contributed by atoms with van der Waals surface area (Å²) in [6.07, 6.45) is 1.70. The first kappa shape index (κ1) is 10.1. The molecule has 0 amide bonds. The molecule has 4 heteroatoms. The maximum atomic E-state index is 12.1. The summed E-state index contributed by atoms with van der Waals surface area (Å²) in [4.78, 5) is 12.1. The van der Waals surface area contributed by atoms with Crippen molar-refractivity contribution in [1.29, 1.82) is 0 Å². The van der Waals surface area contributed by atoms with Gasteiger partial charge in [-0.05, 0) is 19.9 Å². The Kier molecular flexibility index (Phi) is 2.04. The number of hydrogen-bond donors (Lipinski definition) is 0. The van der Waals surface area contributed by atoms with Gasteiger partial charge >= 0.3 is 5.56 Å². The summed E-state index contributed by atoms with van der Waals surface area (Å²) in [6, 6.07) is 7.63. The Morgan fingerprint density at radius 1 is 1.24 bits per heavy atom. The maximum absolute atomic E-state index is 12.1. The van der Waals surface area contributed by atoms with Crippen molar-refractivity contribution < 1.29 is 4.42 Å². The van der Waals surface area contributed by atoms with E-state index in [1.54, 1.807) is 6.20 Å². The number of furan rings is 1. The normalized spacial score (nSPS) is 11.7. The molecule has 0 aliphatic rings. The average molecular weight is 228 g/mol. The number of benzene rings is 1. The summed E-state index contributed by atoms with van der Waals surface area (Å²) < 4.78 is 7.04. The summed E-state index contributed by atoms with van der Waals surface area (Å²) in [5.41, 5.74) is 0.937. The van der Waals surface area contributed by atoms with Crippen molar-refractivity contribution in [1.82, 2.24) is 9.78 Å². The van der Waals surface area contributed by atoms with Gasteiger partial charge in [-0.1, -0.05) is 18.2 Å². The van der Waals surface area contributed by atoms with Crippen LogP contribution in [0.2, 0.25) is 0 Å². The van der Waals surface area contributed by atoms with Crippen molar-refractivity contribution in [3.63, 3.8) is 0 Å². The van der Waals surface area contributed by atoms with Crippen molar-refractivity contribution in [2.45, 2.75) is 19.9 Å². The highest BCUT2D eigenvalue weighted by atomic mass is 16.3. The summed E-state index contributed by atoms with van der Waals surface area (Å²) in [5, 5.41) is 5.89. The van der Waals surface area contributed by atoms with E-state index >= 15 is 0 Å². The third kappa shape index (κ3) is 1.37. The smallest absolute Gasteiger partial charge is 0.310 e. The Hall–Kier alpha value is -2.10. The minimum atomic E-state index is -0.172. The monoisotopic (exact) mass is 228 g/mol. The zero-order valence-corrected chi connectivity index (χ0v) is 9.68. The van der Waals surface area contributed by atoms with Crippen LogP contribution in [0.15, 0.2) is 39.7 Å². The van der Waals surface area contributed by atoms with Gasteiger partial charge in [-0.3, -0.25) is 4.79 Å². The van der Waals surface area contributed by atoms with Crippen LogP contribution in [0.1, 0.15) is 19.9 Å². The quantitative estimate of drug-likeness (QED) is 0.643. The highest BCUT2D eigenvalue weighted by Crippen LogP contribution is 2.25. The lowest BCUT2D eigenvalue weighted by Crippen LogP contribution is -2.23. The van der Waals surface area contributed by atoms with E-state index < -0.39 is 0 Å². The van der Waals surface area contributed by atoms with Crippen LogP contribution in [0.3, 0.4) is 0 Å². The summed E-state index contributed by atoms with van der Waals surface area (Å²) in [5.74, 6) is 0. The second-order valence-corrected chi connectivity index (χ2v) is 4.33. The molecule has 0 aliphatic heterocycles. The first-order chi connectivity index (χ1) is 8.18. The second-order valence-electron chi connectivity index (χ2n) is 4.33. The molecule has 0 bridgehead atoms. The molecule has 0 N–H and O–H groups in total. The summed E-state index contributed by atoms with van der Waals surface area (Å²) in [7, 11) is 0. The Balaban J connectivity index is 2.49. The molecule has 4 nitrogen and oxygen atoms in total. The molecule has 0 saturated carbocycles. The van der Waals surface area contributed by atoms with Gasteiger partial charge in [0.25, 0.3) is 0 Å². The number of aromatic nitrogens is 2. The Labute approximate surface area is 97.5 Å². The van der Waals surface area contributed by atoms with Gasteiger partial charge in [0.15, 0.2) is 0 Å². The van der Waals surface area contributed by atoms with Gasteiger partial charge in [0.2, 0.25) is 5.58 Å². The Bertz CT molecular complexity index is 753. The average Bonchev–Trinajstić information content (AvgIpc) is 2.69. The SMILES string of the molecule is CC(C)n1ncc2c(oc3ccccc32)c1=O. The highest BCUT2D eigenvalue weighted by molar-refractivity contribution is 6.03. The lowest BCUT2D eigenvalue weighted by molar-refractivity contribution is 0.499. The van der Waals surface area contributed by atoms with Crippen LogP contribution in [-0.4, -0.2) is 9.78 Å². The zero-order chi connectivity index (χ0) is 12.0. The molecule has 0 spiro atoms. The van der Waals surface area contributed by atoms with Crippen LogP contribution in [0.25, 0.3) is 21.9 Å². The largest absolute Gasteiger partial charge is 0.450 e. The predicted molar refractivity (Wildman–Crippen MR) is 66.2 cm³/mol. The van der Waals surface area contributed by atoms with E-state index in [0.29, 0.717) is 5.58 Å². The minimum Gasteiger partial charge on any atom is -0.450 e. The standard InChI is InChI=1S/C13H12N2O2/c1-8(2)15-13(16)12-10(7-14-15)9-5-3-4-6-11(9)17-12/h3-8H,1-2H3. The first-order valence-electron chi connectivity index (χ1n) is 5.57. The van der Waals surface area contributed by atoms with Crippen molar-refractivity contribution in [3.05, 3.63) is 40.8 Å². The van der Waals surface area contributed by atoms with Crippen LogP contribution in [-0.2, 0) is 0 Å². The number of rotatable bonds is 1. The molecular formula is C13H12N2O2. The molecule has 3 aromatic rings. The van der Waals surface area contributed by atoms with Gasteiger partial charge in [-0.25, -0.2) is 4.68 Å². The van der Waals surface area contributed by atoms with E-state index in [1.807, 2.05) is 38.1 Å². The maximum Gasteiger partial charge on any atom is 0.310 e. The molecule has 2 heterocycles. The molecule has 17 heavy (non-hydrogen) atoms. The fourth-order valence-electron chi connectivity index (χ4n) is 2.00. The van der Waals surface area contributed by atoms with E-state index in [4.69, 9.17) is 4.42 Å². The van der Waals surface area contributed by atoms with Crippen LogP contribution in [0.4, 0.5) is 0 Å². The van der Waals surface area contributed by atoms with Gasteiger partial charge in [0.05, 0.1) is 17.6 Å². The number of para-hydroxylation sites is 1. The van der Waals surface area contributed by atoms with Crippen LogP contribution in [0.5, 0.6) is 0 Å².